The van der Waals surface area contributed by atoms with Crippen molar-refractivity contribution < 1.29 is 19.1 Å². The molecule has 2 rings (SSSR count). The maximum Gasteiger partial charge on any atom is 0.321 e. The van der Waals surface area contributed by atoms with Gasteiger partial charge in [0.1, 0.15) is 11.9 Å². The van der Waals surface area contributed by atoms with Crippen molar-refractivity contribution in [3.63, 3.8) is 0 Å². The summed E-state index contributed by atoms with van der Waals surface area (Å²) in [6.07, 6.45) is 1.75. The Morgan fingerprint density at radius 2 is 2.19 bits per heavy atom. The number of amides is 1. The van der Waals surface area contributed by atoms with Crippen molar-refractivity contribution >= 4 is 11.9 Å². The van der Waals surface area contributed by atoms with Gasteiger partial charge in [-0.25, -0.2) is 4.39 Å². The largest absolute Gasteiger partial charge is 0.480 e. The molecule has 6 heteroatoms. The number of halogens is 1. The molecule has 0 bridgehead atoms. The molecule has 0 saturated carbocycles. The number of carboxylic acids is 1. The Morgan fingerprint density at radius 3 is 2.76 bits per heavy atom. The zero-order valence-corrected chi connectivity index (χ0v) is 11.9. The molecular weight excluding hydrogens is 275 g/mol. The number of benzene rings is 1. The van der Waals surface area contributed by atoms with Gasteiger partial charge in [0.25, 0.3) is 0 Å². The van der Waals surface area contributed by atoms with E-state index in [0.29, 0.717) is 12.1 Å². The van der Waals surface area contributed by atoms with E-state index < -0.39 is 23.7 Å². The number of aliphatic carboxylic acids is 1. The Balaban J connectivity index is 2.20. The topological polar surface area (TPSA) is 83.6 Å². The maximum absolute atomic E-state index is 14.0. The fraction of sp³-hybridized carbons (Fsp3) is 0.467. The van der Waals surface area contributed by atoms with E-state index in [9.17, 15) is 19.1 Å². The van der Waals surface area contributed by atoms with Gasteiger partial charge in [-0.2, -0.15) is 0 Å². The van der Waals surface area contributed by atoms with Crippen molar-refractivity contribution in [1.29, 1.82) is 0 Å². The summed E-state index contributed by atoms with van der Waals surface area (Å²) in [6.45, 7) is 2.74. The van der Waals surface area contributed by atoms with Crippen LogP contribution in [0.15, 0.2) is 18.2 Å². The zero-order chi connectivity index (χ0) is 15.6. The number of likely N-dealkylation sites (tertiary alicyclic amines) is 1. The van der Waals surface area contributed by atoms with Gasteiger partial charge < -0.3 is 10.8 Å². The lowest BCUT2D eigenvalue weighted by atomic mass is 9.90. The molecule has 21 heavy (non-hydrogen) atoms. The zero-order valence-electron chi connectivity index (χ0n) is 11.9. The van der Waals surface area contributed by atoms with E-state index in [4.69, 9.17) is 5.73 Å². The number of carbonyl (C=O) groups is 2. The number of carbonyl (C=O) groups excluding carboxylic acids is 1. The molecule has 2 atom stereocenters. The highest BCUT2D eigenvalue weighted by Crippen LogP contribution is 2.26. The molecule has 1 aromatic carbocycles. The number of nitrogens with zero attached hydrogens (tertiary/aromatic N) is 1. The lowest BCUT2D eigenvalue weighted by Crippen LogP contribution is -2.48. The first kappa shape index (κ1) is 15.4. The summed E-state index contributed by atoms with van der Waals surface area (Å²) >= 11 is 0. The van der Waals surface area contributed by atoms with Crippen LogP contribution in [0, 0.1) is 11.7 Å². The molecule has 0 radical (unpaired) electrons. The predicted molar refractivity (Wildman–Crippen MR) is 75.1 cm³/mol. The van der Waals surface area contributed by atoms with Crippen LogP contribution in [0.25, 0.3) is 0 Å². The summed E-state index contributed by atoms with van der Waals surface area (Å²) in [5, 5.41) is 9.35. The number of rotatable bonds is 4. The fourth-order valence-electron chi connectivity index (χ4n) is 2.90. The van der Waals surface area contributed by atoms with Gasteiger partial charge in [0.05, 0.1) is 0 Å². The van der Waals surface area contributed by atoms with Gasteiger partial charge in [0, 0.05) is 17.7 Å². The van der Waals surface area contributed by atoms with Gasteiger partial charge in [-0.05, 0) is 37.4 Å². The second-order valence-electron chi connectivity index (χ2n) is 5.54. The van der Waals surface area contributed by atoms with Gasteiger partial charge >= 0.3 is 5.97 Å². The fourth-order valence-corrected chi connectivity index (χ4v) is 2.90. The van der Waals surface area contributed by atoms with Crippen LogP contribution in [0.3, 0.4) is 0 Å². The van der Waals surface area contributed by atoms with Crippen LogP contribution in [-0.4, -0.2) is 34.5 Å². The lowest BCUT2D eigenvalue weighted by molar-refractivity contribution is -0.147. The lowest BCUT2D eigenvalue weighted by Gasteiger charge is -2.37. The summed E-state index contributed by atoms with van der Waals surface area (Å²) < 4.78 is 14.0. The molecule has 1 aromatic rings. The van der Waals surface area contributed by atoms with E-state index in [1.54, 1.807) is 4.90 Å². The standard InChI is InChI=1S/C15H19FN2O3/c1-9-3-2-6-18(13(9)15(20)21)8-11-5-4-10(14(17)19)7-12(11)16/h4-5,7,9,13H,2-3,6,8H2,1H3,(H2,17,19)(H,20,21). The molecule has 1 saturated heterocycles. The van der Waals surface area contributed by atoms with Crippen LogP contribution < -0.4 is 5.73 Å². The molecule has 5 nitrogen and oxygen atoms in total. The minimum absolute atomic E-state index is 0.0317. The third-order valence-electron chi connectivity index (χ3n) is 4.00. The Bertz CT molecular complexity index is 562. The summed E-state index contributed by atoms with van der Waals surface area (Å²) in [5.41, 5.74) is 5.59. The third-order valence-corrected chi connectivity index (χ3v) is 4.00. The Hall–Kier alpha value is -1.95. The van der Waals surface area contributed by atoms with E-state index >= 15 is 0 Å². The maximum atomic E-state index is 14.0. The highest BCUT2D eigenvalue weighted by atomic mass is 19.1. The molecule has 1 aliphatic rings. The Labute approximate surface area is 122 Å². The first-order valence-corrected chi connectivity index (χ1v) is 6.95. The number of carboxylic acid groups (broad SMARTS) is 1. The van der Waals surface area contributed by atoms with E-state index in [1.165, 1.54) is 12.1 Å². The molecule has 0 aliphatic carbocycles. The highest BCUT2D eigenvalue weighted by Gasteiger charge is 2.34. The van der Waals surface area contributed by atoms with Gasteiger partial charge in [0.2, 0.25) is 5.91 Å². The second-order valence-corrected chi connectivity index (χ2v) is 5.54. The minimum Gasteiger partial charge on any atom is -0.480 e. The summed E-state index contributed by atoms with van der Waals surface area (Å²) in [5.74, 6) is -2.07. The van der Waals surface area contributed by atoms with Crippen LogP contribution in [0.5, 0.6) is 0 Å². The van der Waals surface area contributed by atoms with E-state index in [0.717, 1.165) is 18.9 Å². The quantitative estimate of drug-likeness (QED) is 0.883. The minimum atomic E-state index is -0.878. The van der Waals surface area contributed by atoms with Crippen molar-refractivity contribution in [3.05, 3.63) is 35.1 Å². The average Bonchev–Trinajstić information content (AvgIpc) is 2.40. The Kier molecular flexibility index (Phi) is 4.57. The van der Waals surface area contributed by atoms with Gasteiger partial charge in [-0.15, -0.1) is 0 Å². The SMILES string of the molecule is CC1CCCN(Cc2ccc(C(N)=O)cc2F)C1C(=O)O. The van der Waals surface area contributed by atoms with Crippen LogP contribution >= 0.6 is 0 Å². The third kappa shape index (κ3) is 3.39. The molecule has 1 aliphatic heterocycles. The molecule has 1 fully saturated rings. The smallest absolute Gasteiger partial charge is 0.321 e. The van der Waals surface area contributed by atoms with Crippen molar-refractivity contribution in [3.8, 4) is 0 Å². The molecule has 3 N–H and O–H groups in total. The highest BCUT2D eigenvalue weighted by molar-refractivity contribution is 5.92. The van der Waals surface area contributed by atoms with Crippen LogP contribution in [0.4, 0.5) is 4.39 Å². The van der Waals surface area contributed by atoms with Crippen LogP contribution in [-0.2, 0) is 11.3 Å². The van der Waals surface area contributed by atoms with Gasteiger partial charge in [-0.3, -0.25) is 14.5 Å². The number of hydrogen-bond donors (Lipinski definition) is 2. The molecule has 1 amide bonds. The summed E-state index contributed by atoms with van der Waals surface area (Å²) in [6, 6.07) is 3.45. The van der Waals surface area contributed by atoms with Crippen LogP contribution in [0.2, 0.25) is 0 Å². The van der Waals surface area contributed by atoms with Gasteiger partial charge in [-0.1, -0.05) is 13.0 Å². The normalized spacial score (nSPS) is 23.0. The van der Waals surface area contributed by atoms with Gasteiger partial charge in [0.15, 0.2) is 0 Å². The van der Waals surface area contributed by atoms with Crippen molar-refractivity contribution in [2.75, 3.05) is 6.54 Å². The number of hydrogen-bond acceptors (Lipinski definition) is 3. The van der Waals surface area contributed by atoms with Crippen LogP contribution in [0.1, 0.15) is 35.7 Å². The predicted octanol–water partition coefficient (Wildman–Crippen LogP) is 1.61. The van der Waals surface area contributed by atoms with Crippen molar-refractivity contribution in [2.24, 2.45) is 11.7 Å². The molecule has 114 valence electrons. The molecule has 1 heterocycles. The number of piperidine rings is 1. The summed E-state index contributed by atoms with van der Waals surface area (Å²) in [4.78, 5) is 24.2. The van der Waals surface area contributed by atoms with Crippen molar-refractivity contribution in [1.82, 2.24) is 4.90 Å². The molecule has 0 spiro atoms. The van der Waals surface area contributed by atoms with Crippen molar-refractivity contribution in [2.45, 2.75) is 32.4 Å². The first-order chi connectivity index (χ1) is 9.90. The van der Waals surface area contributed by atoms with E-state index in [-0.39, 0.29) is 18.0 Å². The Morgan fingerprint density at radius 1 is 1.48 bits per heavy atom. The number of nitrogens with two attached hydrogens (primary N) is 1. The van der Waals surface area contributed by atoms with E-state index in [1.807, 2.05) is 6.92 Å². The number of primary amides is 1. The molecule has 2 unspecified atom stereocenters. The molecule has 0 aromatic heterocycles. The monoisotopic (exact) mass is 294 g/mol. The second kappa shape index (κ2) is 6.22. The average molecular weight is 294 g/mol. The molecular formula is C15H19FN2O3. The first-order valence-electron chi connectivity index (χ1n) is 6.95. The summed E-state index contributed by atoms with van der Waals surface area (Å²) in [7, 11) is 0. The van der Waals surface area contributed by atoms with E-state index in [2.05, 4.69) is 0 Å².